The Kier molecular flexibility index (Phi) is 5.76. The van der Waals surface area contributed by atoms with Crippen molar-refractivity contribution >= 4 is 17.7 Å². The van der Waals surface area contributed by atoms with Gasteiger partial charge in [0.1, 0.15) is 0 Å². The van der Waals surface area contributed by atoms with Crippen LogP contribution in [0.25, 0.3) is 0 Å². The van der Waals surface area contributed by atoms with Crippen LogP contribution in [0.3, 0.4) is 0 Å². The molecule has 1 rings (SSSR count). The summed E-state index contributed by atoms with van der Waals surface area (Å²) in [5, 5.41) is 0. The minimum atomic E-state index is -0.292. The van der Waals surface area contributed by atoms with E-state index in [1.807, 2.05) is 20.8 Å². The summed E-state index contributed by atoms with van der Waals surface area (Å²) >= 11 is 1.76. The van der Waals surface area contributed by atoms with Crippen LogP contribution in [0.1, 0.15) is 20.8 Å². The van der Waals surface area contributed by atoms with Crippen LogP contribution in [-0.4, -0.2) is 36.0 Å². The molecular weight excluding hydrogens is 226 g/mol. The Morgan fingerprint density at radius 1 is 1.28 bits per heavy atom. The third-order valence-electron chi connectivity index (χ3n) is 2.02. The number of halogens is 1. The maximum atomic E-state index is 12.7. The average molecular weight is 242 g/mol. The molecule has 0 aliphatic carbocycles. The van der Waals surface area contributed by atoms with E-state index in [0.717, 1.165) is 0 Å². The molecule has 0 bridgehead atoms. The van der Waals surface area contributed by atoms with E-state index >= 15 is 0 Å². The van der Waals surface area contributed by atoms with Gasteiger partial charge in [-0.2, -0.15) is 0 Å². The Morgan fingerprint density at radius 2 is 1.89 bits per heavy atom. The first kappa shape index (κ1) is 15.1. The van der Waals surface area contributed by atoms with Crippen LogP contribution in [0.5, 0.6) is 5.75 Å². The molecule has 0 saturated carbocycles. The van der Waals surface area contributed by atoms with Crippen LogP contribution in [0.2, 0.25) is 0 Å². The topological polar surface area (TPSA) is 18.5 Å². The van der Waals surface area contributed by atoms with Crippen LogP contribution >= 0.6 is 0 Å². The average Bonchev–Trinajstić information content (AvgIpc) is 2.26. The van der Waals surface area contributed by atoms with Crippen LogP contribution in [-0.2, 0) is 4.74 Å². The normalized spacial score (nSPS) is 12.6. The van der Waals surface area contributed by atoms with Gasteiger partial charge >= 0.3 is 117 Å². The molecule has 0 radical (unpaired) electrons. The zero-order valence-electron chi connectivity index (χ0n) is 11.3. The predicted octanol–water partition coefficient (Wildman–Crippen LogP) is 2.52. The molecule has 4 heteroatoms. The summed E-state index contributed by atoms with van der Waals surface area (Å²) in [5.41, 5.74) is -0.277. The molecule has 2 nitrogen and oxygen atoms in total. The molecule has 0 fully saturated rings. The van der Waals surface area contributed by atoms with Gasteiger partial charge in [0, 0.05) is 0 Å². The Bertz CT molecular complexity index is 426. The van der Waals surface area contributed by atoms with E-state index in [2.05, 4.69) is 10.5 Å². The standard InChI is InChI=1S/C14H16FO2.Li/c1-5-12(17-14(2,3)4)10-16-13-8-6-11(15)7-9-13;/h6-9,12H,10H2,2-4H3;. The first-order valence-corrected chi connectivity index (χ1v) is 5.89. The summed E-state index contributed by atoms with van der Waals surface area (Å²) in [6, 6.07) is 5.90. The van der Waals surface area contributed by atoms with Gasteiger partial charge in [0.25, 0.3) is 0 Å². The molecule has 1 atom stereocenters. The van der Waals surface area contributed by atoms with Crippen molar-refractivity contribution in [3.63, 3.8) is 0 Å². The number of ether oxygens (including phenoxy) is 2. The maximum absolute atomic E-state index is 12.7. The van der Waals surface area contributed by atoms with Crippen molar-refractivity contribution in [2.75, 3.05) is 6.61 Å². The molecule has 18 heavy (non-hydrogen) atoms. The first-order valence-electron chi connectivity index (χ1n) is 5.89. The fourth-order valence-electron chi connectivity index (χ4n) is 1.40. The fraction of sp³-hybridized carbons (Fsp3) is 0.429. The van der Waals surface area contributed by atoms with E-state index in [0.29, 0.717) is 12.4 Å². The van der Waals surface area contributed by atoms with Gasteiger partial charge < -0.3 is 0 Å². The number of hydrogen-bond acceptors (Lipinski definition) is 2. The third-order valence-corrected chi connectivity index (χ3v) is 2.02. The molecular formula is C14H16FLiO2. The molecule has 0 saturated heterocycles. The van der Waals surface area contributed by atoms with Crippen molar-refractivity contribution in [2.24, 2.45) is 0 Å². The van der Waals surface area contributed by atoms with E-state index < -0.39 is 0 Å². The van der Waals surface area contributed by atoms with Gasteiger partial charge in [-0.3, -0.25) is 0 Å². The van der Waals surface area contributed by atoms with Gasteiger partial charge in [0.05, 0.1) is 0 Å². The van der Waals surface area contributed by atoms with Crippen molar-refractivity contribution in [2.45, 2.75) is 32.5 Å². The van der Waals surface area contributed by atoms with Crippen LogP contribution in [0, 0.1) is 16.3 Å². The Labute approximate surface area is 117 Å². The molecule has 0 spiro atoms. The van der Waals surface area contributed by atoms with E-state index in [9.17, 15) is 4.39 Å². The molecule has 1 aromatic carbocycles. The minimum absolute atomic E-state index is 0.277. The second-order valence-corrected chi connectivity index (χ2v) is 4.88. The summed E-state index contributed by atoms with van der Waals surface area (Å²) < 4.78 is 26.8. The van der Waals surface area contributed by atoms with Crippen LogP contribution in [0.15, 0.2) is 24.3 Å². The van der Waals surface area contributed by atoms with Gasteiger partial charge in [-0.25, -0.2) is 0 Å². The van der Waals surface area contributed by atoms with Gasteiger partial charge in [-0.05, 0) is 0 Å². The zero-order chi connectivity index (χ0) is 13.6. The van der Waals surface area contributed by atoms with Crippen LogP contribution in [0.4, 0.5) is 4.39 Å². The van der Waals surface area contributed by atoms with E-state index in [1.165, 1.54) is 12.1 Å². The number of rotatable bonds is 4. The molecule has 0 amide bonds. The molecule has 92 valence electrons. The van der Waals surface area contributed by atoms with Gasteiger partial charge in [-0.1, -0.05) is 0 Å². The molecule has 0 aliphatic rings. The summed E-state index contributed by atoms with van der Waals surface area (Å²) in [6.07, 6.45) is -0.292. The van der Waals surface area contributed by atoms with Crippen molar-refractivity contribution in [1.82, 2.24) is 0 Å². The Hall–Kier alpha value is -0.933. The summed E-state index contributed by atoms with van der Waals surface area (Å²) in [6.45, 7) is 6.23. The monoisotopic (exact) mass is 242 g/mol. The van der Waals surface area contributed by atoms with E-state index in [4.69, 9.17) is 9.47 Å². The van der Waals surface area contributed by atoms with Gasteiger partial charge in [0.15, 0.2) is 0 Å². The van der Waals surface area contributed by atoms with Crippen molar-refractivity contribution in [3.8, 4) is 16.3 Å². The van der Waals surface area contributed by atoms with E-state index in [-0.39, 0.29) is 17.5 Å². The van der Waals surface area contributed by atoms with Crippen molar-refractivity contribution in [3.05, 3.63) is 30.1 Å². The molecule has 1 aromatic rings. The molecule has 0 aromatic heterocycles. The van der Waals surface area contributed by atoms with Crippen molar-refractivity contribution in [1.29, 1.82) is 0 Å². The van der Waals surface area contributed by atoms with E-state index in [1.54, 1.807) is 29.8 Å². The van der Waals surface area contributed by atoms with Gasteiger partial charge in [0.2, 0.25) is 0 Å². The summed E-state index contributed by atoms with van der Waals surface area (Å²) in [4.78, 5) is 0. The molecule has 0 aliphatic heterocycles. The Morgan fingerprint density at radius 3 is 2.39 bits per heavy atom. The summed E-state index contributed by atoms with van der Waals surface area (Å²) in [5.74, 6) is 3.28. The molecule has 0 heterocycles. The van der Waals surface area contributed by atoms with Gasteiger partial charge in [-0.15, -0.1) is 0 Å². The predicted molar refractivity (Wildman–Crippen MR) is 70.1 cm³/mol. The third kappa shape index (κ3) is 6.12. The SMILES string of the molecule is [Li][C]#CC(COc1ccc(F)cc1)OC(C)(C)C. The quantitative estimate of drug-likeness (QED) is 0.596. The molecule has 0 N–H and O–H groups in total. The van der Waals surface area contributed by atoms with Crippen molar-refractivity contribution < 1.29 is 13.9 Å². The number of benzene rings is 1. The zero-order valence-corrected chi connectivity index (χ0v) is 11.3. The second kappa shape index (κ2) is 6.86. The second-order valence-electron chi connectivity index (χ2n) is 4.88. The molecule has 1 unspecified atom stereocenters. The number of hydrogen-bond donors (Lipinski definition) is 0. The van der Waals surface area contributed by atoms with Crippen LogP contribution < -0.4 is 4.74 Å². The fourth-order valence-corrected chi connectivity index (χ4v) is 1.40. The summed E-state index contributed by atoms with van der Waals surface area (Å²) in [7, 11) is 0. The first-order chi connectivity index (χ1) is 8.40. The Balaban J connectivity index is 2.56.